The molecule has 29 heavy (non-hydrogen) atoms. The number of nitrogens with zero attached hydrogens (tertiary/aromatic N) is 1. The third-order valence-electron chi connectivity index (χ3n) is 3.98. The number of ether oxygens (including phenoxy) is 2. The Balaban J connectivity index is 1.46. The summed E-state index contributed by atoms with van der Waals surface area (Å²) in [4.78, 5) is 24.2. The van der Waals surface area contributed by atoms with Crippen molar-refractivity contribution in [2.45, 2.75) is 13.0 Å². The van der Waals surface area contributed by atoms with Gasteiger partial charge in [0.25, 0.3) is 0 Å². The zero-order valence-corrected chi connectivity index (χ0v) is 16.6. The zero-order valence-electron chi connectivity index (χ0n) is 15.8. The van der Waals surface area contributed by atoms with Gasteiger partial charge >= 0.3 is 5.97 Å². The quantitative estimate of drug-likeness (QED) is 0.349. The van der Waals surface area contributed by atoms with Gasteiger partial charge in [0.05, 0.1) is 25.3 Å². The minimum atomic E-state index is -0.363. The number of esters is 1. The van der Waals surface area contributed by atoms with E-state index in [-0.39, 0.29) is 11.9 Å². The summed E-state index contributed by atoms with van der Waals surface area (Å²) in [5, 5.41) is 5.91. The van der Waals surface area contributed by atoms with Crippen molar-refractivity contribution in [2.24, 2.45) is 5.10 Å². The van der Waals surface area contributed by atoms with Crippen LogP contribution < -0.4 is 10.2 Å². The lowest BCUT2D eigenvalue weighted by Crippen LogP contribution is -2.19. The number of nitrogens with one attached hydrogen (secondary N) is 1. The summed E-state index contributed by atoms with van der Waals surface area (Å²) in [6, 6.07) is 18.3. The Kier molecular flexibility index (Phi) is 7.13. The van der Waals surface area contributed by atoms with Crippen molar-refractivity contribution in [1.29, 1.82) is 0 Å². The van der Waals surface area contributed by atoms with E-state index in [0.717, 1.165) is 16.0 Å². The highest BCUT2D eigenvalue weighted by molar-refractivity contribution is 7.10. The molecule has 0 fully saturated rings. The minimum absolute atomic E-state index is 0.151. The van der Waals surface area contributed by atoms with Crippen LogP contribution in [0.5, 0.6) is 5.75 Å². The summed E-state index contributed by atoms with van der Waals surface area (Å²) in [5.41, 5.74) is 4.81. The van der Waals surface area contributed by atoms with E-state index >= 15 is 0 Å². The molecule has 0 bridgehead atoms. The van der Waals surface area contributed by atoms with Crippen LogP contribution in [-0.2, 0) is 22.6 Å². The molecule has 1 amide bonds. The molecule has 7 heteroatoms. The van der Waals surface area contributed by atoms with Crippen molar-refractivity contribution in [3.05, 3.63) is 87.6 Å². The molecular formula is C22H20N2O4S. The first kappa shape index (κ1) is 20.3. The van der Waals surface area contributed by atoms with Gasteiger partial charge in [-0.25, -0.2) is 10.2 Å². The number of amides is 1. The van der Waals surface area contributed by atoms with Crippen LogP contribution in [0.15, 0.2) is 71.1 Å². The van der Waals surface area contributed by atoms with E-state index in [2.05, 4.69) is 15.3 Å². The maximum atomic E-state index is 11.8. The van der Waals surface area contributed by atoms with Gasteiger partial charge in [-0.2, -0.15) is 5.10 Å². The van der Waals surface area contributed by atoms with Crippen LogP contribution in [0.25, 0.3) is 0 Å². The molecule has 3 aromatic rings. The molecule has 0 radical (unpaired) electrons. The van der Waals surface area contributed by atoms with E-state index in [9.17, 15) is 9.59 Å². The van der Waals surface area contributed by atoms with Gasteiger partial charge in [0.1, 0.15) is 12.4 Å². The fraction of sp³-hybridized carbons (Fsp3) is 0.136. The van der Waals surface area contributed by atoms with Gasteiger partial charge in [0.15, 0.2) is 0 Å². The number of benzene rings is 2. The molecule has 148 valence electrons. The second-order valence-corrected chi connectivity index (χ2v) is 7.13. The molecule has 3 rings (SSSR count). The molecule has 0 saturated carbocycles. The molecule has 1 heterocycles. The van der Waals surface area contributed by atoms with Crippen molar-refractivity contribution in [1.82, 2.24) is 5.43 Å². The second-order valence-electron chi connectivity index (χ2n) is 6.10. The van der Waals surface area contributed by atoms with E-state index in [1.807, 2.05) is 53.9 Å². The first-order valence-corrected chi connectivity index (χ1v) is 9.76. The maximum absolute atomic E-state index is 11.8. The molecule has 1 aromatic heterocycles. The lowest BCUT2D eigenvalue weighted by molar-refractivity contribution is -0.120. The third kappa shape index (κ3) is 6.29. The summed E-state index contributed by atoms with van der Waals surface area (Å²) in [6.07, 6.45) is 1.91. The summed E-state index contributed by atoms with van der Waals surface area (Å²) in [7, 11) is 1.35. The average Bonchev–Trinajstić information content (AvgIpc) is 3.26. The number of carbonyl (C=O) groups is 2. The van der Waals surface area contributed by atoms with Gasteiger partial charge in [-0.3, -0.25) is 4.79 Å². The van der Waals surface area contributed by atoms with Gasteiger partial charge in [-0.15, -0.1) is 11.3 Å². The lowest BCUT2D eigenvalue weighted by atomic mass is 10.1. The van der Waals surface area contributed by atoms with Crippen LogP contribution in [-0.4, -0.2) is 25.2 Å². The predicted molar refractivity (Wildman–Crippen MR) is 112 cm³/mol. The van der Waals surface area contributed by atoms with Crippen LogP contribution in [0.4, 0.5) is 0 Å². The zero-order chi connectivity index (χ0) is 20.5. The highest BCUT2D eigenvalue weighted by Crippen LogP contribution is 2.14. The molecule has 0 aliphatic heterocycles. The monoisotopic (exact) mass is 408 g/mol. The number of thiophene rings is 1. The summed E-state index contributed by atoms with van der Waals surface area (Å²) < 4.78 is 10.4. The van der Waals surface area contributed by atoms with Crippen molar-refractivity contribution in [3.8, 4) is 5.75 Å². The molecule has 0 atom stereocenters. The number of rotatable bonds is 8. The average molecular weight is 408 g/mol. The molecule has 0 saturated heterocycles. The highest BCUT2D eigenvalue weighted by atomic mass is 32.1. The van der Waals surface area contributed by atoms with Gasteiger partial charge in [-0.1, -0.05) is 18.2 Å². The molecule has 0 aliphatic rings. The summed E-state index contributed by atoms with van der Waals surface area (Å²) in [5.74, 6) is 0.195. The van der Waals surface area contributed by atoms with Crippen molar-refractivity contribution < 1.29 is 19.1 Å². The lowest BCUT2D eigenvalue weighted by Gasteiger charge is -2.07. The van der Waals surface area contributed by atoms with E-state index in [1.54, 1.807) is 29.7 Å². The Morgan fingerprint density at radius 3 is 2.48 bits per heavy atom. The fourth-order valence-corrected chi connectivity index (χ4v) is 3.16. The van der Waals surface area contributed by atoms with Crippen LogP contribution in [0.1, 0.15) is 26.4 Å². The number of hydrogen-bond donors (Lipinski definition) is 1. The topological polar surface area (TPSA) is 77.0 Å². The minimum Gasteiger partial charge on any atom is -0.489 e. The van der Waals surface area contributed by atoms with Crippen LogP contribution in [0.2, 0.25) is 0 Å². The van der Waals surface area contributed by atoms with E-state index < -0.39 is 0 Å². The van der Waals surface area contributed by atoms with Crippen molar-refractivity contribution >= 4 is 29.4 Å². The molecular weight excluding hydrogens is 388 g/mol. The van der Waals surface area contributed by atoms with Crippen molar-refractivity contribution in [3.63, 3.8) is 0 Å². The Morgan fingerprint density at radius 1 is 1.07 bits per heavy atom. The van der Waals surface area contributed by atoms with Gasteiger partial charge in [0, 0.05) is 4.88 Å². The Morgan fingerprint density at radius 2 is 1.83 bits per heavy atom. The number of hydrazone groups is 1. The molecule has 2 aromatic carbocycles. The van der Waals surface area contributed by atoms with E-state index in [1.165, 1.54) is 7.11 Å². The number of hydrogen-bond acceptors (Lipinski definition) is 6. The van der Waals surface area contributed by atoms with Gasteiger partial charge in [0.2, 0.25) is 5.91 Å². The second kappa shape index (κ2) is 10.2. The van der Waals surface area contributed by atoms with Crippen LogP contribution in [0.3, 0.4) is 0 Å². The molecule has 6 nitrogen and oxygen atoms in total. The molecule has 0 unspecified atom stereocenters. The standard InChI is InChI=1S/C22H20N2O4S/c1-27-22(26)18-8-4-17(5-9-18)15-28-19-10-6-16(7-11-19)14-23-24-21(25)13-20-3-2-12-29-20/h2-12,14H,13,15H2,1H3,(H,24,25)/b23-14+. The molecule has 1 N–H and O–H groups in total. The molecule has 0 aliphatic carbocycles. The van der Waals surface area contributed by atoms with Gasteiger partial charge < -0.3 is 9.47 Å². The number of methoxy groups -OCH3 is 1. The van der Waals surface area contributed by atoms with Crippen LogP contribution in [0, 0.1) is 0 Å². The van der Waals surface area contributed by atoms with Crippen molar-refractivity contribution in [2.75, 3.05) is 7.11 Å². The maximum Gasteiger partial charge on any atom is 0.337 e. The normalized spacial score (nSPS) is 10.7. The number of carbonyl (C=O) groups excluding carboxylic acids is 2. The Hall–Kier alpha value is -3.45. The van der Waals surface area contributed by atoms with E-state index in [0.29, 0.717) is 24.3 Å². The predicted octanol–water partition coefficient (Wildman–Crippen LogP) is 3.81. The first-order chi connectivity index (χ1) is 14.1. The van der Waals surface area contributed by atoms with Gasteiger partial charge in [-0.05, 0) is 59.0 Å². The molecule has 0 spiro atoms. The smallest absolute Gasteiger partial charge is 0.337 e. The summed E-state index contributed by atoms with van der Waals surface area (Å²) in [6.45, 7) is 0.383. The Labute approximate surface area is 172 Å². The fourth-order valence-electron chi connectivity index (χ4n) is 2.46. The summed E-state index contributed by atoms with van der Waals surface area (Å²) >= 11 is 1.54. The largest absolute Gasteiger partial charge is 0.489 e. The first-order valence-electron chi connectivity index (χ1n) is 8.88. The Bertz CT molecular complexity index is 965. The van der Waals surface area contributed by atoms with Crippen LogP contribution >= 0.6 is 11.3 Å². The SMILES string of the molecule is COC(=O)c1ccc(COc2ccc(/C=N/NC(=O)Cc3cccs3)cc2)cc1. The van der Waals surface area contributed by atoms with E-state index in [4.69, 9.17) is 4.74 Å². The highest BCUT2D eigenvalue weighted by Gasteiger charge is 2.05. The third-order valence-corrected chi connectivity index (χ3v) is 4.85.